The molecule has 0 saturated carbocycles. The van der Waals surface area contributed by atoms with Crippen LogP contribution < -0.4 is 9.47 Å². The summed E-state index contributed by atoms with van der Waals surface area (Å²) in [7, 11) is 0. The van der Waals surface area contributed by atoms with Crippen molar-refractivity contribution in [3.63, 3.8) is 0 Å². The molecule has 5 nitrogen and oxygen atoms in total. The highest BCUT2D eigenvalue weighted by molar-refractivity contribution is 5.67. The van der Waals surface area contributed by atoms with Crippen molar-refractivity contribution in [1.29, 1.82) is 0 Å². The van der Waals surface area contributed by atoms with Crippen molar-refractivity contribution in [2.24, 2.45) is 0 Å². The van der Waals surface area contributed by atoms with E-state index in [2.05, 4.69) is 6.58 Å². The third-order valence-electron chi connectivity index (χ3n) is 2.47. The summed E-state index contributed by atoms with van der Waals surface area (Å²) in [5.41, 5.74) is 0.897. The summed E-state index contributed by atoms with van der Waals surface area (Å²) in [5.74, 6) is -0.298. The summed E-state index contributed by atoms with van der Waals surface area (Å²) >= 11 is 0. The molecule has 20 heavy (non-hydrogen) atoms. The highest BCUT2D eigenvalue weighted by Gasteiger charge is 2.09. The molecule has 0 radical (unpaired) electrons. The number of carbonyl (C=O) groups is 1. The number of benzene rings is 2. The minimum absolute atomic E-state index is 0.0630. The van der Waals surface area contributed by atoms with E-state index in [0.717, 1.165) is 11.6 Å². The lowest BCUT2D eigenvalue weighted by Crippen LogP contribution is -2.13. The van der Waals surface area contributed by atoms with E-state index < -0.39 is 6.16 Å². The Labute approximate surface area is 115 Å². The maximum absolute atomic E-state index is 11.5. The van der Waals surface area contributed by atoms with Gasteiger partial charge >= 0.3 is 6.16 Å². The van der Waals surface area contributed by atoms with Gasteiger partial charge in [0, 0.05) is 6.07 Å². The number of carbonyl (C=O) groups excluding carboxylic acids is 1. The maximum atomic E-state index is 11.5. The molecule has 5 heteroatoms. The van der Waals surface area contributed by atoms with E-state index in [0.29, 0.717) is 5.75 Å². The highest BCUT2D eigenvalue weighted by Crippen LogP contribution is 2.28. The van der Waals surface area contributed by atoms with E-state index in [1.54, 1.807) is 30.3 Å². The van der Waals surface area contributed by atoms with Gasteiger partial charge in [0.25, 0.3) is 0 Å². The van der Waals surface area contributed by atoms with Crippen LogP contribution in [0, 0.1) is 0 Å². The second-order valence-electron chi connectivity index (χ2n) is 3.88. The highest BCUT2D eigenvalue weighted by atomic mass is 16.7. The van der Waals surface area contributed by atoms with Crippen LogP contribution in [0.4, 0.5) is 4.79 Å². The number of phenols is 2. The van der Waals surface area contributed by atoms with Gasteiger partial charge in [-0.05, 0) is 29.8 Å². The average Bonchev–Trinajstić information content (AvgIpc) is 2.44. The third kappa shape index (κ3) is 3.29. The summed E-state index contributed by atoms with van der Waals surface area (Å²) in [6, 6.07) is 10.3. The van der Waals surface area contributed by atoms with E-state index in [-0.39, 0.29) is 17.2 Å². The Kier molecular flexibility index (Phi) is 3.91. The molecule has 2 rings (SSSR count). The SMILES string of the molecule is C=Cc1ccc(OC(=O)Oc2ccc(O)c(O)c2)cc1. The minimum atomic E-state index is -0.943. The fourth-order valence-corrected chi connectivity index (χ4v) is 1.45. The van der Waals surface area contributed by atoms with Crippen LogP contribution in [0.25, 0.3) is 6.08 Å². The second-order valence-corrected chi connectivity index (χ2v) is 3.88. The molecule has 2 N–H and O–H groups in total. The predicted octanol–water partition coefficient (Wildman–Crippen LogP) is 3.32. The normalized spacial score (nSPS) is 9.80. The number of rotatable bonds is 3. The van der Waals surface area contributed by atoms with Gasteiger partial charge in [-0.1, -0.05) is 24.8 Å². The Hall–Kier alpha value is -2.95. The summed E-state index contributed by atoms with van der Waals surface area (Å²) in [6.07, 6.45) is 0.725. The molecule has 0 atom stereocenters. The van der Waals surface area contributed by atoms with Gasteiger partial charge < -0.3 is 19.7 Å². The zero-order valence-corrected chi connectivity index (χ0v) is 10.4. The van der Waals surface area contributed by atoms with Crippen molar-refractivity contribution >= 4 is 12.2 Å². The van der Waals surface area contributed by atoms with E-state index in [1.807, 2.05) is 0 Å². The number of hydrogen-bond donors (Lipinski definition) is 2. The van der Waals surface area contributed by atoms with Crippen molar-refractivity contribution in [3.8, 4) is 23.0 Å². The molecule has 2 aromatic carbocycles. The molecular formula is C15H12O5. The van der Waals surface area contributed by atoms with E-state index in [9.17, 15) is 9.90 Å². The van der Waals surface area contributed by atoms with E-state index >= 15 is 0 Å². The first kappa shape index (κ1) is 13.5. The topological polar surface area (TPSA) is 76.0 Å². The monoisotopic (exact) mass is 272 g/mol. The molecular weight excluding hydrogens is 260 g/mol. The van der Waals surface area contributed by atoms with Gasteiger partial charge in [-0.2, -0.15) is 0 Å². The van der Waals surface area contributed by atoms with Crippen LogP contribution in [-0.4, -0.2) is 16.4 Å². The van der Waals surface area contributed by atoms with E-state index in [4.69, 9.17) is 14.6 Å². The molecule has 0 aliphatic carbocycles. The summed E-state index contributed by atoms with van der Waals surface area (Å²) in [4.78, 5) is 11.5. The van der Waals surface area contributed by atoms with Gasteiger partial charge in [0.05, 0.1) is 0 Å². The molecule has 0 amide bonds. The Bertz CT molecular complexity index is 631. The van der Waals surface area contributed by atoms with Crippen LogP contribution in [0.2, 0.25) is 0 Å². The molecule has 102 valence electrons. The maximum Gasteiger partial charge on any atom is 0.519 e. The first-order chi connectivity index (χ1) is 9.58. The molecule has 0 unspecified atom stereocenters. The number of aromatic hydroxyl groups is 2. The standard InChI is InChI=1S/C15H12O5/c1-2-10-3-5-11(6-4-10)19-15(18)20-12-7-8-13(16)14(17)9-12/h2-9,16-17H,1H2. The predicted molar refractivity (Wildman–Crippen MR) is 73.0 cm³/mol. The number of phenolic OH excluding ortho intramolecular Hbond substituents is 2. The number of ether oxygens (including phenoxy) is 2. The van der Waals surface area contributed by atoms with Crippen molar-refractivity contribution in [1.82, 2.24) is 0 Å². The lowest BCUT2D eigenvalue weighted by atomic mass is 10.2. The van der Waals surface area contributed by atoms with Crippen LogP contribution in [0.5, 0.6) is 23.0 Å². The van der Waals surface area contributed by atoms with E-state index in [1.165, 1.54) is 12.1 Å². The molecule has 0 bridgehead atoms. The van der Waals surface area contributed by atoms with Crippen molar-refractivity contribution < 1.29 is 24.5 Å². The molecule has 0 spiro atoms. The first-order valence-electron chi connectivity index (χ1n) is 5.72. The summed E-state index contributed by atoms with van der Waals surface area (Å²) in [6.45, 7) is 3.62. The van der Waals surface area contributed by atoms with Gasteiger partial charge in [0.1, 0.15) is 11.5 Å². The van der Waals surface area contributed by atoms with Crippen LogP contribution in [0.3, 0.4) is 0 Å². The second kappa shape index (κ2) is 5.79. The Morgan fingerprint density at radius 3 is 2.15 bits per heavy atom. The fraction of sp³-hybridized carbons (Fsp3) is 0. The molecule has 0 aliphatic heterocycles. The Morgan fingerprint density at radius 2 is 1.55 bits per heavy atom. The lowest BCUT2D eigenvalue weighted by Gasteiger charge is -2.06. The number of hydrogen-bond acceptors (Lipinski definition) is 5. The molecule has 0 aromatic heterocycles. The smallest absolute Gasteiger partial charge is 0.504 e. The van der Waals surface area contributed by atoms with Crippen LogP contribution >= 0.6 is 0 Å². The zero-order valence-electron chi connectivity index (χ0n) is 10.4. The van der Waals surface area contributed by atoms with Crippen molar-refractivity contribution in [3.05, 3.63) is 54.6 Å². The minimum Gasteiger partial charge on any atom is -0.504 e. The largest absolute Gasteiger partial charge is 0.519 e. The van der Waals surface area contributed by atoms with Crippen LogP contribution in [-0.2, 0) is 0 Å². The summed E-state index contributed by atoms with van der Waals surface area (Å²) in [5, 5.41) is 18.4. The van der Waals surface area contributed by atoms with Gasteiger partial charge in [0.2, 0.25) is 0 Å². The van der Waals surface area contributed by atoms with Gasteiger partial charge in [-0.25, -0.2) is 4.79 Å². The van der Waals surface area contributed by atoms with Gasteiger partial charge in [-0.15, -0.1) is 0 Å². The lowest BCUT2D eigenvalue weighted by molar-refractivity contribution is 0.151. The molecule has 0 aliphatic rings. The van der Waals surface area contributed by atoms with Gasteiger partial charge in [-0.3, -0.25) is 0 Å². The Balaban J connectivity index is 2.00. The molecule has 2 aromatic rings. The third-order valence-corrected chi connectivity index (χ3v) is 2.47. The Morgan fingerprint density at radius 1 is 0.950 bits per heavy atom. The first-order valence-corrected chi connectivity index (χ1v) is 5.72. The molecule has 0 fully saturated rings. The van der Waals surface area contributed by atoms with Crippen LogP contribution in [0.15, 0.2) is 49.0 Å². The van der Waals surface area contributed by atoms with Crippen molar-refractivity contribution in [2.75, 3.05) is 0 Å². The quantitative estimate of drug-likeness (QED) is 0.509. The van der Waals surface area contributed by atoms with Gasteiger partial charge in [0.15, 0.2) is 11.5 Å². The average molecular weight is 272 g/mol. The zero-order chi connectivity index (χ0) is 14.5. The molecule has 0 heterocycles. The van der Waals surface area contributed by atoms with Crippen molar-refractivity contribution in [2.45, 2.75) is 0 Å². The fourth-order valence-electron chi connectivity index (χ4n) is 1.45. The van der Waals surface area contributed by atoms with Crippen LogP contribution in [0.1, 0.15) is 5.56 Å². The summed E-state index contributed by atoms with van der Waals surface area (Å²) < 4.78 is 9.81. The molecule has 0 saturated heterocycles.